The van der Waals surface area contributed by atoms with Crippen molar-refractivity contribution in [3.63, 3.8) is 0 Å². The number of hydrogen-bond acceptors (Lipinski definition) is 7. The molecule has 11 heteroatoms. The van der Waals surface area contributed by atoms with Crippen LogP contribution in [0, 0.1) is 0 Å². The molecule has 3 unspecified atom stereocenters. The highest BCUT2D eigenvalue weighted by atomic mass is 31.2. The number of phosphoric ester groups is 1. The summed E-state index contributed by atoms with van der Waals surface area (Å²) in [5.74, 6) is -3.63. The van der Waals surface area contributed by atoms with E-state index in [2.05, 4.69) is 15.8 Å². The molecule has 0 aromatic heterocycles. The van der Waals surface area contributed by atoms with Gasteiger partial charge < -0.3 is 29.8 Å². The number of aliphatic carboxylic acids is 1. The average Bonchev–Trinajstić information content (AvgIpc) is 2.32. The van der Waals surface area contributed by atoms with Crippen LogP contribution in [-0.2, 0) is 23.4 Å². The van der Waals surface area contributed by atoms with Crippen molar-refractivity contribution in [2.24, 2.45) is 0 Å². The molecule has 5 N–H and O–H groups in total. The topological polar surface area (TPSA) is 171 Å². The molecule has 0 saturated carbocycles. The second-order valence-electron chi connectivity index (χ2n) is 4.13. The van der Waals surface area contributed by atoms with Gasteiger partial charge in [0.15, 0.2) is 0 Å². The Morgan fingerprint density at radius 2 is 1.90 bits per heavy atom. The zero-order valence-electron chi connectivity index (χ0n) is 10.4. The van der Waals surface area contributed by atoms with Gasteiger partial charge in [-0.3, -0.25) is 4.52 Å². The maximum absolute atomic E-state index is 11.6. The molecule has 0 spiro atoms. The van der Waals surface area contributed by atoms with Crippen LogP contribution in [0.1, 0.15) is 6.42 Å². The van der Waals surface area contributed by atoms with Gasteiger partial charge >= 0.3 is 19.8 Å². The molecule has 0 aliphatic heterocycles. The lowest BCUT2D eigenvalue weighted by atomic mass is 9.92. The summed E-state index contributed by atoms with van der Waals surface area (Å²) >= 11 is 0. The van der Waals surface area contributed by atoms with Crippen LogP contribution in [-0.4, -0.2) is 55.4 Å². The first-order valence-corrected chi connectivity index (χ1v) is 6.99. The van der Waals surface area contributed by atoms with Crippen molar-refractivity contribution in [2.75, 3.05) is 0 Å². The molecule has 3 atom stereocenters. The zero-order chi connectivity index (χ0) is 16.4. The monoisotopic (exact) mass is 324 g/mol. The summed E-state index contributed by atoms with van der Waals surface area (Å²) in [5, 5.41) is 27.6. The van der Waals surface area contributed by atoms with E-state index in [0.717, 1.165) is 6.08 Å². The van der Waals surface area contributed by atoms with Gasteiger partial charge in [-0.15, -0.1) is 0 Å². The molecule has 10 nitrogen and oxygen atoms in total. The van der Waals surface area contributed by atoms with E-state index in [1.54, 1.807) is 0 Å². The third-order valence-corrected chi connectivity index (χ3v) is 3.02. The van der Waals surface area contributed by atoms with Crippen LogP contribution in [0.15, 0.2) is 24.0 Å². The van der Waals surface area contributed by atoms with E-state index < -0.39 is 50.3 Å². The predicted molar refractivity (Wildman–Crippen MR) is 64.5 cm³/mol. The summed E-state index contributed by atoms with van der Waals surface area (Å²) in [6, 6.07) is 0. The highest BCUT2D eigenvalue weighted by Crippen LogP contribution is 2.40. The summed E-state index contributed by atoms with van der Waals surface area (Å²) in [7, 11) is -4.98. The first-order valence-electron chi connectivity index (χ1n) is 5.46. The Morgan fingerprint density at radius 3 is 2.38 bits per heavy atom. The Balaban J connectivity index is 2.92. The molecule has 21 heavy (non-hydrogen) atoms. The molecule has 0 bridgehead atoms. The number of esters is 1. The summed E-state index contributed by atoms with van der Waals surface area (Å²) in [6.07, 6.45) is -4.44. The maximum atomic E-state index is 11.6. The Labute approximate surface area is 118 Å². The second-order valence-corrected chi connectivity index (χ2v) is 5.32. The largest absolute Gasteiger partial charge is 0.475 e. The molecule has 1 rings (SSSR count). The number of phosphoric acid groups is 1. The van der Waals surface area contributed by atoms with Crippen LogP contribution >= 0.6 is 7.82 Å². The molecule has 118 valence electrons. The van der Waals surface area contributed by atoms with Crippen molar-refractivity contribution in [2.45, 2.75) is 24.7 Å². The molecule has 0 aromatic rings. The van der Waals surface area contributed by atoms with Crippen molar-refractivity contribution in [3.05, 3.63) is 24.0 Å². The van der Waals surface area contributed by atoms with Gasteiger partial charge in [0.25, 0.3) is 0 Å². The lowest BCUT2D eigenvalue weighted by molar-refractivity contribution is -0.146. The van der Waals surface area contributed by atoms with E-state index in [1.165, 1.54) is 0 Å². The summed E-state index contributed by atoms with van der Waals surface area (Å²) in [4.78, 5) is 39.4. The summed E-state index contributed by atoms with van der Waals surface area (Å²) < 4.78 is 19.3. The fraction of sp³-hybridized carbons (Fsp3) is 0.400. The Kier molecular flexibility index (Phi) is 5.40. The van der Waals surface area contributed by atoms with Crippen molar-refractivity contribution in [3.8, 4) is 0 Å². The van der Waals surface area contributed by atoms with Crippen molar-refractivity contribution in [1.82, 2.24) is 0 Å². The van der Waals surface area contributed by atoms with E-state index in [4.69, 9.17) is 14.9 Å². The van der Waals surface area contributed by atoms with E-state index in [1.807, 2.05) is 0 Å². The second kappa shape index (κ2) is 6.48. The van der Waals surface area contributed by atoms with Gasteiger partial charge in [-0.2, -0.15) is 0 Å². The molecular formula is C10H13O10P. The standard InChI is InChI=1S/C10H13O10P/c1-4(9(13)14)19-10(15)5-2-6(11)8(12)7(3-5)20-21(16,17)18/h3,6-8,11-12H,1-2H2,(H,13,14)(H2,16,17,18). The minimum Gasteiger partial charge on any atom is -0.475 e. The normalized spacial score (nSPS) is 25.9. The number of ether oxygens (including phenoxy) is 1. The fourth-order valence-electron chi connectivity index (χ4n) is 1.55. The van der Waals surface area contributed by atoms with Gasteiger partial charge in [0.2, 0.25) is 5.76 Å². The van der Waals surface area contributed by atoms with E-state index in [9.17, 15) is 24.4 Å². The lowest BCUT2D eigenvalue weighted by Gasteiger charge is -2.29. The summed E-state index contributed by atoms with van der Waals surface area (Å²) in [5.41, 5.74) is -0.311. The number of carbonyl (C=O) groups is 2. The molecule has 0 radical (unpaired) electrons. The number of carbonyl (C=O) groups excluding carboxylic acids is 1. The van der Waals surface area contributed by atoms with Crippen LogP contribution in [0.4, 0.5) is 0 Å². The lowest BCUT2D eigenvalue weighted by Crippen LogP contribution is -2.42. The molecule has 1 aliphatic carbocycles. The van der Waals surface area contributed by atoms with Gasteiger partial charge in [0.1, 0.15) is 12.2 Å². The first-order chi connectivity index (χ1) is 9.51. The highest BCUT2D eigenvalue weighted by molar-refractivity contribution is 7.46. The van der Waals surface area contributed by atoms with E-state index >= 15 is 0 Å². The molecular weight excluding hydrogens is 311 g/mol. The Morgan fingerprint density at radius 1 is 1.33 bits per heavy atom. The minimum absolute atomic E-state index is 0.311. The van der Waals surface area contributed by atoms with Crippen LogP contribution in [0.2, 0.25) is 0 Å². The Hall–Kier alpha value is -1.55. The smallest absolute Gasteiger partial charge is 0.470 e. The molecule has 0 amide bonds. The first kappa shape index (κ1) is 17.5. The van der Waals surface area contributed by atoms with Gasteiger partial charge in [0.05, 0.1) is 6.10 Å². The number of aliphatic hydroxyl groups excluding tert-OH is 2. The van der Waals surface area contributed by atoms with Crippen molar-refractivity contribution < 1.29 is 48.5 Å². The highest BCUT2D eigenvalue weighted by Gasteiger charge is 2.37. The van der Waals surface area contributed by atoms with Crippen LogP contribution < -0.4 is 0 Å². The third kappa shape index (κ3) is 5.05. The molecule has 0 fully saturated rings. The number of aliphatic hydroxyl groups is 2. The maximum Gasteiger partial charge on any atom is 0.470 e. The quantitative estimate of drug-likeness (QED) is 0.176. The van der Waals surface area contributed by atoms with Crippen LogP contribution in [0.5, 0.6) is 0 Å². The SMILES string of the molecule is C=C(OC(=O)C1=CC(OP(=O)(O)O)C(O)C(O)C1)C(=O)O. The molecule has 0 heterocycles. The van der Waals surface area contributed by atoms with Gasteiger partial charge in [0, 0.05) is 12.0 Å². The van der Waals surface area contributed by atoms with E-state index in [-0.39, 0.29) is 5.57 Å². The van der Waals surface area contributed by atoms with Crippen molar-refractivity contribution in [1.29, 1.82) is 0 Å². The average molecular weight is 324 g/mol. The Bertz CT molecular complexity index is 532. The molecule has 1 aliphatic rings. The molecule has 0 saturated heterocycles. The predicted octanol–water partition coefficient (Wildman–Crippen LogP) is -1.34. The van der Waals surface area contributed by atoms with Gasteiger partial charge in [-0.05, 0) is 12.7 Å². The number of rotatable bonds is 5. The van der Waals surface area contributed by atoms with Crippen LogP contribution in [0.25, 0.3) is 0 Å². The number of carboxylic acids is 1. The van der Waals surface area contributed by atoms with E-state index in [0.29, 0.717) is 0 Å². The number of hydrogen-bond donors (Lipinski definition) is 5. The summed E-state index contributed by atoms with van der Waals surface area (Å²) in [6.45, 7) is 2.96. The number of carboxylic acid groups (broad SMARTS) is 1. The van der Waals surface area contributed by atoms with Crippen LogP contribution in [0.3, 0.4) is 0 Å². The third-order valence-electron chi connectivity index (χ3n) is 2.50. The fourth-order valence-corrected chi connectivity index (χ4v) is 2.06. The minimum atomic E-state index is -4.98. The van der Waals surface area contributed by atoms with Gasteiger partial charge in [-0.1, -0.05) is 0 Å². The van der Waals surface area contributed by atoms with Gasteiger partial charge in [-0.25, -0.2) is 14.2 Å². The van der Waals surface area contributed by atoms with Crippen molar-refractivity contribution >= 4 is 19.8 Å². The molecule has 0 aromatic carbocycles. The zero-order valence-corrected chi connectivity index (χ0v) is 11.3.